The molecule has 1 aromatic carbocycles. The van der Waals surface area contributed by atoms with Crippen molar-refractivity contribution >= 4 is 5.91 Å². The summed E-state index contributed by atoms with van der Waals surface area (Å²) in [5.74, 6) is -0.243. The number of benzene rings is 1. The normalized spacial score (nSPS) is 11.3. The maximum Gasteiger partial charge on any atom is 0.417 e. The molecule has 1 amide bonds. The van der Waals surface area contributed by atoms with Gasteiger partial charge in [-0.3, -0.25) is 14.8 Å². The van der Waals surface area contributed by atoms with E-state index in [1.165, 1.54) is 11.1 Å². The van der Waals surface area contributed by atoms with Crippen LogP contribution in [0, 0.1) is 0 Å². The van der Waals surface area contributed by atoms with E-state index in [0.29, 0.717) is 11.3 Å². The molecule has 0 fully saturated rings. The van der Waals surface area contributed by atoms with Crippen LogP contribution in [0.4, 0.5) is 13.2 Å². The highest BCUT2D eigenvalue weighted by atomic mass is 19.4. The Morgan fingerprint density at radius 2 is 1.86 bits per heavy atom. The van der Waals surface area contributed by atoms with Gasteiger partial charge in [-0.05, 0) is 24.3 Å². The van der Waals surface area contributed by atoms with Crippen molar-refractivity contribution in [1.82, 2.24) is 15.4 Å². The molecule has 0 unspecified atom stereocenters. The Labute approximate surface area is 125 Å². The monoisotopic (exact) mass is 309 g/mol. The van der Waals surface area contributed by atoms with Crippen LogP contribution >= 0.6 is 0 Å². The summed E-state index contributed by atoms with van der Waals surface area (Å²) >= 11 is 0. The van der Waals surface area contributed by atoms with Gasteiger partial charge in [-0.1, -0.05) is 18.2 Å². The molecule has 116 valence electrons. The molecule has 0 atom stereocenters. The lowest BCUT2D eigenvalue weighted by Crippen LogP contribution is -2.39. The van der Waals surface area contributed by atoms with E-state index >= 15 is 0 Å². The molecule has 0 aliphatic heterocycles. The summed E-state index contributed by atoms with van der Waals surface area (Å²) in [6.07, 6.45) is -3.63. The molecule has 0 bridgehead atoms. The van der Waals surface area contributed by atoms with Crippen molar-refractivity contribution < 1.29 is 18.0 Å². The Bertz CT molecular complexity index is 627. The maximum absolute atomic E-state index is 12.4. The second-order valence-corrected chi connectivity index (χ2v) is 4.60. The highest BCUT2D eigenvalue weighted by molar-refractivity contribution is 5.93. The zero-order chi connectivity index (χ0) is 16.2. The lowest BCUT2D eigenvalue weighted by atomic mass is 10.2. The van der Waals surface area contributed by atoms with E-state index in [1.54, 1.807) is 37.4 Å². The first-order valence-corrected chi connectivity index (χ1v) is 6.46. The summed E-state index contributed by atoms with van der Waals surface area (Å²) in [4.78, 5) is 15.8. The molecule has 2 aromatic rings. The Balaban J connectivity index is 1.94. The van der Waals surface area contributed by atoms with Gasteiger partial charge in [0, 0.05) is 18.8 Å². The summed E-state index contributed by atoms with van der Waals surface area (Å²) in [6.45, 7) is 0.146. The molecule has 0 radical (unpaired) electrons. The lowest BCUT2D eigenvalue weighted by molar-refractivity contribution is -0.137. The van der Waals surface area contributed by atoms with Crippen LogP contribution in [0.2, 0.25) is 0 Å². The molecular formula is C15H14F3N3O. The van der Waals surface area contributed by atoms with E-state index in [1.807, 2.05) is 0 Å². The number of alkyl halides is 3. The predicted molar refractivity (Wildman–Crippen MR) is 74.6 cm³/mol. The number of nitrogens with zero attached hydrogens (tertiary/aromatic N) is 2. The number of hydrogen-bond acceptors (Lipinski definition) is 3. The number of amides is 1. The second-order valence-electron chi connectivity index (χ2n) is 4.60. The van der Waals surface area contributed by atoms with Crippen molar-refractivity contribution in [2.45, 2.75) is 12.7 Å². The minimum Gasteiger partial charge on any atom is -0.277 e. The van der Waals surface area contributed by atoms with Gasteiger partial charge in [0.15, 0.2) is 0 Å². The molecule has 0 saturated heterocycles. The number of aromatic nitrogens is 1. The predicted octanol–water partition coefficient (Wildman–Crippen LogP) is 2.88. The van der Waals surface area contributed by atoms with Gasteiger partial charge in [0.1, 0.15) is 0 Å². The molecule has 0 aliphatic carbocycles. The summed E-state index contributed by atoms with van der Waals surface area (Å²) in [5, 5.41) is 1.27. The van der Waals surface area contributed by atoms with Crippen LogP contribution in [0.1, 0.15) is 21.6 Å². The molecule has 0 spiro atoms. The van der Waals surface area contributed by atoms with E-state index in [-0.39, 0.29) is 12.5 Å². The Kier molecular flexibility index (Phi) is 4.77. The first kappa shape index (κ1) is 16.0. The third kappa shape index (κ3) is 4.05. The molecule has 0 saturated carbocycles. The molecule has 7 heteroatoms. The van der Waals surface area contributed by atoms with E-state index in [9.17, 15) is 18.0 Å². The third-order valence-corrected chi connectivity index (χ3v) is 2.97. The molecule has 0 aliphatic rings. The van der Waals surface area contributed by atoms with Gasteiger partial charge in [-0.25, -0.2) is 5.43 Å². The number of halogens is 3. The van der Waals surface area contributed by atoms with Gasteiger partial charge in [-0.15, -0.1) is 0 Å². The van der Waals surface area contributed by atoms with Crippen molar-refractivity contribution in [3.63, 3.8) is 0 Å². The number of carbonyl (C=O) groups is 1. The number of nitrogens with one attached hydrogen (secondary N) is 1. The van der Waals surface area contributed by atoms with Crippen molar-refractivity contribution in [3.8, 4) is 0 Å². The Hall–Kier alpha value is -2.41. The average Bonchev–Trinajstić information content (AvgIpc) is 2.52. The van der Waals surface area contributed by atoms with Crippen molar-refractivity contribution in [1.29, 1.82) is 0 Å². The van der Waals surface area contributed by atoms with E-state index in [0.717, 1.165) is 12.3 Å². The van der Waals surface area contributed by atoms with Crippen LogP contribution in [0.5, 0.6) is 0 Å². The number of hydrazine groups is 1. The molecule has 1 N–H and O–H groups in total. The van der Waals surface area contributed by atoms with Gasteiger partial charge in [0.2, 0.25) is 0 Å². The van der Waals surface area contributed by atoms with Crippen molar-refractivity contribution in [3.05, 3.63) is 65.5 Å². The SMILES string of the molecule is CN(NCc1ccc(C(F)(F)F)cn1)C(=O)c1ccccc1. The van der Waals surface area contributed by atoms with Crippen molar-refractivity contribution in [2.75, 3.05) is 7.05 Å². The van der Waals surface area contributed by atoms with Gasteiger partial charge < -0.3 is 0 Å². The van der Waals surface area contributed by atoms with Crippen LogP contribution < -0.4 is 5.43 Å². The van der Waals surface area contributed by atoms with Crippen molar-refractivity contribution in [2.24, 2.45) is 0 Å². The minimum atomic E-state index is -4.40. The highest BCUT2D eigenvalue weighted by Gasteiger charge is 2.30. The zero-order valence-corrected chi connectivity index (χ0v) is 11.8. The molecular weight excluding hydrogens is 295 g/mol. The summed E-state index contributed by atoms with van der Waals surface area (Å²) in [7, 11) is 1.54. The van der Waals surface area contributed by atoms with Crippen LogP contribution in [-0.2, 0) is 12.7 Å². The number of pyridine rings is 1. The first-order valence-electron chi connectivity index (χ1n) is 6.46. The molecule has 1 heterocycles. The molecule has 4 nitrogen and oxygen atoms in total. The summed E-state index contributed by atoms with van der Waals surface area (Å²) in [6, 6.07) is 10.9. The first-order chi connectivity index (χ1) is 10.4. The summed E-state index contributed by atoms with van der Waals surface area (Å²) in [5.41, 5.74) is 2.91. The topological polar surface area (TPSA) is 45.2 Å². The molecule has 22 heavy (non-hydrogen) atoms. The van der Waals surface area contributed by atoms with E-state index in [4.69, 9.17) is 0 Å². The molecule has 1 aromatic heterocycles. The second kappa shape index (κ2) is 6.57. The largest absolute Gasteiger partial charge is 0.417 e. The lowest BCUT2D eigenvalue weighted by Gasteiger charge is -2.18. The van der Waals surface area contributed by atoms with Crippen LogP contribution in [-0.4, -0.2) is 22.9 Å². The van der Waals surface area contributed by atoms with Gasteiger partial charge in [0.05, 0.1) is 17.8 Å². The molecule has 2 rings (SSSR count). The maximum atomic E-state index is 12.4. The van der Waals surface area contributed by atoms with E-state index < -0.39 is 11.7 Å². The quantitative estimate of drug-likeness (QED) is 0.883. The fraction of sp³-hybridized carbons (Fsp3) is 0.200. The van der Waals surface area contributed by atoms with Gasteiger partial charge >= 0.3 is 6.18 Å². The third-order valence-electron chi connectivity index (χ3n) is 2.97. The van der Waals surface area contributed by atoms with Crippen LogP contribution in [0.3, 0.4) is 0 Å². The number of rotatable bonds is 4. The Morgan fingerprint density at radius 1 is 1.18 bits per heavy atom. The fourth-order valence-electron chi connectivity index (χ4n) is 1.74. The Morgan fingerprint density at radius 3 is 2.41 bits per heavy atom. The van der Waals surface area contributed by atoms with E-state index in [2.05, 4.69) is 10.4 Å². The number of carbonyl (C=O) groups excluding carboxylic acids is 1. The standard InChI is InChI=1S/C15H14F3N3O/c1-21(14(22)11-5-3-2-4-6-11)20-10-13-8-7-12(9-19-13)15(16,17)18/h2-9,20H,10H2,1H3. The average molecular weight is 309 g/mol. The van der Waals surface area contributed by atoms with Gasteiger partial charge in [0.25, 0.3) is 5.91 Å². The smallest absolute Gasteiger partial charge is 0.277 e. The van der Waals surface area contributed by atoms with Gasteiger partial charge in [-0.2, -0.15) is 13.2 Å². The highest BCUT2D eigenvalue weighted by Crippen LogP contribution is 2.28. The van der Waals surface area contributed by atoms with Crippen LogP contribution in [0.25, 0.3) is 0 Å². The zero-order valence-electron chi connectivity index (χ0n) is 11.8. The van der Waals surface area contributed by atoms with Crippen LogP contribution in [0.15, 0.2) is 48.7 Å². The fourth-order valence-corrected chi connectivity index (χ4v) is 1.74. The number of hydrogen-bond donors (Lipinski definition) is 1. The summed E-state index contributed by atoms with van der Waals surface area (Å²) < 4.78 is 37.3. The minimum absolute atomic E-state index is 0.146.